The van der Waals surface area contributed by atoms with Gasteiger partial charge in [0, 0.05) is 5.56 Å². The van der Waals surface area contributed by atoms with Crippen LogP contribution in [0.4, 0.5) is 5.82 Å². The molecule has 6 heteroatoms. The number of hydrogen-bond acceptors (Lipinski definition) is 5. The highest BCUT2D eigenvalue weighted by atomic mass is 16.5. The van der Waals surface area contributed by atoms with Crippen LogP contribution < -0.4 is 14.8 Å². The molecule has 6 nitrogen and oxygen atoms in total. The Labute approximate surface area is 199 Å². The number of ether oxygens (including phenoxy) is 2. The fourth-order valence-corrected chi connectivity index (χ4v) is 3.49. The molecule has 0 radical (unpaired) electrons. The summed E-state index contributed by atoms with van der Waals surface area (Å²) in [6.07, 6.45) is 4.45. The van der Waals surface area contributed by atoms with Crippen molar-refractivity contribution in [1.82, 2.24) is 9.97 Å². The molecule has 0 aliphatic rings. The molecule has 1 amide bonds. The van der Waals surface area contributed by atoms with Crippen LogP contribution in [0.25, 0.3) is 11.3 Å². The Morgan fingerprint density at radius 2 is 1.65 bits per heavy atom. The maximum Gasteiger partial charge on any atom is 0.229 e. The smallest absolute Gasteiger partial charge is 0.229 e. The number of aryl methyl sites for hydroxylation is 1. The van der Waals surface area contributed by atoms with Crippen LogP contribution in [0.5, 0.6) is 17.2 Å². The summed E-state index contributed by atoms with van der Waals surface area (Å²) >= 11 is 0. The Hall–Kier alpha value is -4.19. The lowest BCUT2D eigenvalue weighted by molar-refractivity contribution is -0.115. The van der Waals surface area contributed by atoms with E-state index in [1.807, 2.05) is 79.7 Å². The van der Waals surface area contributed by atoms with Crippen molar-refractivity contribution in [2.45, 2.75) is 26.7 Å². The second-order valence-corrected chi connectivity index (χ2v) is 7.69. The highest BCUT2D eigenvalue weighted by Crippen LogP contribution is 2.32. The number of nitrogens with one attached hydrogen (secondary N) is 1. The number of amides is 1. The van der Waals surface area contributed by atoms with Crippen LogP contribution >= 0.6 is 0 Å². The maximum atomic E-state index is 12.5. The van der Waals surface area contributed by atoms with Gasteiger partial charge in [-0.3, -0.25) is 9.78 Å². The standard InChI is InChI=1S/C28H27N3O3/c1-3-20-12-14-21(15-13-20)16-28(32)31-27-19-29-18-24(30-27)22-8-7-9-23(17-22)34-26-11-6-5-10-25(26)33-4-2/h5-15,17-19H,3-4,16H2,1-2H3,(H,30,31,32). The van der Waals surface area contributed by atoms with E-state index in [4.69, 9.17) is 9.47 Å². The molecule has 0 unspecified atom stereocenters. The topological polar surface area (TPSA) is 73.3 Å². The van der Waals surface area contributed by atoms with Gasteiger partial charge in [-0.2, -0.15) is 0 Å². The molecule has 172 valence electrons. The van der Waals surface area contributed by atoms with Crippen LogP contribution in [-0.4, -0.2) is 22.5 Å². The van der Waals surface area contributed by atoms with Crippen LogP contribution in [0.3, 0.4) is 0 Å². The molecule has 0 fully saturated rings. The number of hydrogen-bond donors (Lipinski definition) is 1. The van der Waals surface area contributed by atoms with E-state index in [2.05, 4.69) is 22.2 Å². The Balaban J connectivity index is 1.46. The Kier molecular flexibility index (Phi) is 7.50. The van der Waals surface area contributed by atoms with Crippen molar-refractivity contribution in [2.24, 2.45) is 0 Å². The summed E-state index contributed by atoms with van der Waals surface area (Å²) < 4.78 is 11.7. The maximum absolute atomic E-state index is 12.5. The molecule has 1 aromatic heterocycles. The lowest BCUT2D eigenvalue weighted by Crippen LogP contribution is -2.15. The Morgan fingerprint density at radius 3 is 2.41 bits per heavy atom. The van der Waals surface area contributed by atoms with E-state index in [9.17, 15) is 4.79 Å². The normalized spacial score (nSPS) is 10.5. The van der Waals surface area contributed by atoms with Gasteiger partial charge < -0.3 is 14.8 Å². The largest absolute Gasteiger partial charge is 0.490 e. The van der Waals surface area contributed by atoms with Gasteiger partial charge in [0.15, 0.2) is 17.3 Å². The number of anilines is 1. The lowest BCUT2D eigenvalue weighted by atomic mass is 10.1. The highest BCUT2D eigenvalue weighted by Gasteiger charge is 2.10. The van der Waals surface area contributed by atoms with Crippen molar-refractivity contribution in [3.8, 4) is 28.5 Å². The predicted octanol–water partition coefficient (Wildman–Crippen LogP) is 6.08. The third-order valence-electron chi connectivity index (χ3n) is 5.20. The highest BCUT2D eigenvalue weighted by molar-refractivity contribution is 5.91. The zero-order valence-electron chi connectivity index (χ0n) is 19.3. The molecule has 0 saturated carbocycles. The molecule has 1 N–H and O–H groups in total. The first-order chi connectivity index (χ1) is 16.6. The number of nitrogens with zero attached hydrogens (tertiary/aromatic N) is 2. The summed E-state index contributed by atoms with van der Waals surface area (Å²) in [6.45, 7) is 4.59. The van der Waals surface area contributed by atoms with Crippen LogP contribution in [0, 0.1) is 0 Å². The molecule has 0 spiro atoms. The first kappa shape index (κ1) is 23.0. The Morgan fingerprint density at radius 1 is 0.882 bits per heavy atom. The lowest BCUT2D eigenvalue weighted by Gasteiger charge is -2.12. The molecule has 1 heterocycles. The number of carbonyl (C=O) groups is 1. The van der Waals surface area contributed by atoms with E-state index in [0.717, 1.165) is 17.5 Å². The van der Waals surface area contributed by atoms with Gasteiger partial charge in [0.25, 0.3) is 0 Å². The molecule has 0 aliphatic heterocycles. The van der Waals surface area contributed by atoms with Crippen LogP contribution in [0.2, 0.25) is 0 Å². The third kappa shape index (κ3) is 5.98. The predicted molar refractivity (Wildman–Crippen MR) is 133 cm³/mol. The van der Waals surface area contributed by atoms with E-state index >= 15 is 0 Å². The minimum atomic E-state index is -0.139. The molecule has 0 bridgehead atoms. The molecular formula is C28H27N3O3. The van der Waals surface area contributed by atoms with Gasteiger partial charge in [0.1, 0.15) is 5.75 Å². The first-order valence-electron chi connectivity index (χ1n) is 11.3. The van der Waals surface area contributed by atoms with Crippen molar-refractivity contribution in [3.05, 3.63) is 96.3 Å². The summed E-state index contributed by atoms with van der Waals surface area (Å²) in [6, 6.07) is 23.2. The van der Waals surface area contributed by atoms with Crippen molar-refractivity contribution in [2.75, 3.05) is 11.9 Å². The van der Waals surface area contributed by atoms with Gasteiger partial charge in [-0.15, -0.1) is 0 Å². The number of rotatable bonds is 9. The molecule has 0 saturated heterocycles. The van der Waals surface area contributed by atoms with Gasteiger partial charge in [0.2, 0.25) is 5.91 Å². The summed E-state index contributed by atoms with van der Waals surface area (Å²) in [5.74, 6) is 2.24. The first-order valence-corrected chi connectivity index (χ1v) is 11.3. The van der Waals surface area contributed by atoms with Gasteiger partial charge >= 0.3 is 0 Å². The Bertz CT molecular complexity index is 1260. The van der Waals surface area contributed by atoms with Gasteiger partial charge in [0.05, 0.1) is 31.1 Å². The van der Waals surface area contributed by atoms with E-state index in [0.29, 0.717) is 35.4 Å². The van der Waals surface area contributed by atoms with Crippen molar-refractivity contribution in [1.29, 1.82) is 0 Å². The van der Waals surface area contributed by atoms with E-state index in [1.54, 1.807) is 12.4 Å². The molecule has 4 rings (SSSR count). The quantitative estimate of drug-likeness (QED) is 0.333. The molecule has 0 aliphatic carbocycles. The summed E-state index contributed by atoms with van der Waals surface area (Å²) in [4.78, 5) is 21.3. The number of para-hydroxylation sites is 2. The minimum absolute atomic E-state index is 0.139. The third-order valence-corrected chi connectivity index (χ3v) is 5.20. The van der Waals surface area contributed by atoms with Crippen LogP contribution in [-0.2, 0) is 17.6 Å². The molecule has 4 aromatic rings. The zero-order valence-corrected chi connectivity index (χ0v) is 19.3. The zero-order chi connectivity index (χ0) is 23.8. The van der Waals surface area contributed by atoms with Gasteiger partial charge in [-0.25, -0.2) is 4.98 Å². The summed E-state index contributed by atoms with van der Waals surface area (Å²) in [5, 5.41) is 2.84. The SMILES string of the molecule is CCOc1ccccc1Oc1cccc(-c2cncc(NC(=O)Cc3ccc(CC)cc3)n2)c1. The average Bonchev–Trinajstić information content (AvgIpc) is 2.86. The second-order valence-electron chi connectivity index (χ2n) is 7.69. The summed E-state index contributed by atoms with van der Waals surface area (Å²) in [5.41, 5.74) is 3.66. The van der Waals surface area contributed by atoms with E-state index < -0.39 is 0 Å². The molecular weight excluding hydrogens is 426 g/mol. The summed E-state index contributed by atoms with van der Waals surface area (Å²) in [7, 11) is 0. The van der Waals surface area contributed by atoms with E-state index in [1.165, 1.54) is 5.56 Å². The number of benzene rings is 3. The monoisotopic (exact) mass is 453 g/mol. The van der Waals surface area contributed by atoms with Crippen LogP contribution in [0.1, 0.15) is 25.0 Å². The fourth-order valence-electron chi connectivity index (χ4n) is 3.49. The second kappa shape index (κ2) is 11.1. The van der Waals surface area contributed by atoms with Crippen molar-refractivity contribution in [3.63, 3.8) is 0 Å². The van der Waals surface area contributed by atoms with Gasteiger partial charge in [-0.1, -0.05) is 55.5 Å². The number of aromatic nitrogens is 2. The molecule has 0 atom stereocenters. The van der Waals surface area contributed by atoms with Gasteiger partial charge in [-0.05, 0) is 48.7 Å². The van der Waals surface area contributed by atoms with Crippen molar-refractivity contribution >= 4 is 11.7 Å². The number of carbonyl (C=O) groups excluding carboxylic acids is 1. The fraction of sp³-hybridized carbons (Fsp3) is 0.179. The van der Waals surface area contributed by atoms with E-state index in [-0.39, 0.29) is 12.3 Å². The molecule has 3 aromatic carbocycles. The average molecular weight is 454 g/mol. The van der Waals surface area contributed by atoms with Crippen molar-refractivity contribution < 1.29 is 14.3 Å². The minimum Gasteiger partial charge on any atom is -0.490 e. The van der Waals surface area contributed by atoms with Crippen LogP contribution in [0.15, 0.2) is 85.2 Å². The molecule has 34 heavy (non-hydrogen) atoms.